The Morgan fingerprint density at radius 1 is 1.05 bits per heavy atom. The number of hydrogen-bond acceptors (Lipinski definition) is 4. The van der Waals surface area contributed by atoms with E-state index in [9.17, 15) is 4.79 Å². The van der Waals surface area contributed by atoms with E-state index in [1.165, 1.54) is 25.7 Å². The Hall–Kier alpha value is -0.650. The van der Waals surface area contributed by atoms with Gasteiger partial charge in [-0.25, -0.2) is 5.06 Å². The summed E-state index contributed by atoms with van der Waals surface area (Å²) < 4.78 is 5.76. The van der Waals surface area contributed by atoms with E-state index in [0.29, 0.717) is 25.0 Å². The van der Waals surface area contributed by atoms with Crippen molar-refractivity contribution in [3.63, 3.8) is 0 Å². The van der Waals surface area contributed by atoms with Crippen molar-refractivity contribution in [2.75, 3.05) is 39.5 Å². The third-order valence-electron chi connectivity index (χ3n) is 5.82. The molecule has 5 nitrogen and oxygen atoms in total. The molecule has 0 bridgehead atoms. The largest absolute Gasteiger partial charge is 0.380 e. The summed E-state index contributed by atoms with van der Waals surface area (Å²) in [6.45, 7) is 5.06. The fraction of sp³-hybridized carbons (Fsp3) is 0.938. The molecule has 4 aliphatic rings. The standard InChI is InChI=1S/C16H26N2O3/c19-16(18-6-3-7-21-18)15-11-20-10-12-8-17(9-14(12)15)13-4-1-2-5-13/h12-15H,1-11H2/t12-,14-,15+/m1/s1. The van der Waals surface area contributed by atoms with Gasteiger partial charge in [0.15, 0.2) is 0 Å². The summed E-state index contributed by atoms with van der Waals surface area (Å²) in [5.74, 6) is 1.18. The van der Waals surface area contributed by atoms with Crippen molar-refractivity contribution in [3.05, 3.63) is 0 Å². The van der Waals surface area contributed by atoms with Crippen LogP contribution in [0.5, 0.6) is 0 Å². The first kappa shape index (κ1) is 14.0. The van der Waals surface area contributed by atoms with E-state index in [4.69, 9.17) is 9.57 Å². The molecular weight excluding hydrogens is 268 g/mol. The zero-order valence-corrected chi connectivity index (χ0v) is 12.7. The molecule has 0 aromatic rings. The summed E-state index contributed by atoms with van der Waals surface area (Å²) in [4.78, 5) is 20.8. The maximum absolute atomic E-state index is 12.7. The maximum Gasteiger partial charge on any atom is 0.251 e. The Morgan fingerprint density at radius 3 is 2.67 bits per heavy atom. The Kier molecular flexibility index (Phi) is 3.90. The van der Waals surface area contributed by atoms with Crippen LogP contribution in [0.15, 0.2) is 0 Å². The smallest absolute Gasteiger partial charge is 0.251 e. The highest BCUT2D eigenvalue weighted by Crippen LogP contribution is 2.38. The molecule has 0 spiro atoms. The zero-order valence-electron chi connectivity index (χ0n) is 12.7. The number of hydroxylamine groups is 2. The van der Waals surface area contributed by atoms with Crippen LogP contribution in [-0.4, -0.2) is 61.4 Å². The topological polar surface area (TPSA) is 42.0 Å². The van der Waals surface area contributed by atoms with E-state index >= 15 is 0 Å². The predicted octanol–water partition coefficient (Wildman–Crippen LogP) is 1.29. The first-order valence-corrected chi connectivity index (χ1v) is 8.59. The van der Waals surface area contributed by atoms with Crippen molar-refractivity contribution in [1.29, 1.82) is 0 Å². The number of amides is 1. The van der Waals surface area contributed by atoms with Crippen molar-refractivity contribution in [1.82, 2.24) is 9.96 Å². The first-order valence-electron chi connectivity index (χ1n) is 8.59. The second-order valence-corrected chi connectivity index (χ2v) is 7.09. The van der Waals surface area contributed by atoms with Gasteiger partial charge in [-0.2, -0.15) is 0 Å². The van der Waals surface area contributed by atoms with Gasteiger partial charge in [0.2, 0.25) is 0 Å². The summed E-state index contributed by atoms with van der Waals surface area (Å²) >= 11 is 0. The van der Waals surface area contributed by atoms with Crippen LogP contribution in [0.4, 0.5) is 0 Å². The second kappa shape index (κ2) is 5.86. The predicted molar refractivity (Wildman–Crippen MR) is 77.4 cm³/mol. The lowest BCUT2D eigenvalue weighted by Crippen LogP contribution is -2.45. The van der Waals surface area contributed by atoms with Crippen molar-refractivity contribution >= 4 is 5.91 Å². The average molecular weight is 294 g/mol. The number of nitrogens with zero attached hydrogens (tertiary/aromatic N) is 2. The van der Waals surface area contributed by atoms with Gasteiger partial charge in [-0.3, -0.25) is 14.5 Å². The van der Waals surface area contributed by atoms with Gasteiger partial charge < -0.3 is 4.74 Å². The number of fused-ring (bicyclic) bond motifs is 1. The molecule has 0 aromatic carbocycles. The van der Waals surface area contributed by atoms with Crippen LogP contribution in [0.3, 0.4) is 0 Å². The number of likely N-dealkylation sites (tertiary alicyclic amines) is 1. The van der Waals surface area contributed by atoms with Crippen LogP contribution in [0.25, 0.3) is 0 Å². The van der Waals surface area contributed by atoms with Crippen molar-refractivity contribution in [2.45, 2.75) is 38.1 Å². The minimum atomic E-state index is 0.00764. The van der Waals surface area contributed by atoms with Crippen LogP contribution in [0.2, 0.25) is 0 Å². The van der Waals surface area contributed by atoms with E-state index in [-0.39, 0.29) is 11.8 Å². The summed E-state index contributed by atoms with van der Waals surface area (Å²) in [6.07, 6.45) is 6.39. The minimum Gasteiger partial charge on any atom is -0.380 e. The zero-order chi connectivity index (χ0) is 14.2. The molecule has 4 rings (SSSR count). The SMILES string of the molecule is O=C([C@H]1COC[C@H]2CN(C3CCCC3)C[C@H]21)N1CCCO1. The molecule has 3 heterocycles. The Labute approximate surface area is 126 Å². The maximum atomic E-state index is 12.7. The number of hydrogen-bond donors (Lipinski definition) is 0. The number of carbonyl (C=O) groups excluding carboxylic acids is 1. The van der Waals surface area contributed by atoms with Gasteiger partial charge in [-0.05, 0) is 31.1 Å². The summed E-state index contributed by atoms with van der Waals surface area (Å²) in [6, 6.07) is 0.759. The van der Waals surface area contributed by atoms with Gasteiger partial charge >= 0.3 is 0 Å². The normalized spacial score (nSPS) is 38.1. The second-order valence-electron chi connectivity index (χ2n) is 7.09. The van der Waals surface area contributed by atoms with E-state index < -0.39 is 0 Å². The third kappa shape index (κ3) is 2.60. The van der Waals surface area contributed by atoms with Crippen LogP contribution >= 0.6 is 0 Å². The number of ether oxygens (including phenoxy) is 1. The van der Waals surface area contributed by atoms with Gasteiger partial charge in [0.1, 0.15) is 0 Å². The van der Waals surface area contributed by atoms with E-state index in [1.807, 2.05) is 0 Å². The number of carbonyl (C=O) groups is 1. The van der Waals surface area contributed by atoms with E-state index in [0.717, 1.165) is 38.7 Å². The molecule has 0 N–H and O–H groups in total. The van der Waals surface area contributed by atoms with Crippen LogP contribution in [0, 0.1) is 17.8 Å². The molecule has 118 valence electrons. The lowest BCUT2D eigenvalue weighted by molar-refractivity contribution is -0.181. The van der Waals surface area contributed by atoms with Crippen LogP contribution in [-0.2, 0) is 14.4 Å². The van der Waals surface area contributed by atoms with E-state index in [1.54, 1.807) is 5.06 Å². The van der Waals surface area contributed by atoms with Gasteiger partial charge in [-0.15, -0.1) is 0 Å². The highest BCUT2D eigenvalue weighted by atomic mass is 16.7. The lowest BCUT2D eigenvalue weighted by Gasteiger charge is -2.33. The minimum absolute atomic E-state index is 0.00764. The molecule has 3 saturated heterocycles. The molecular formula is C16H26N2O3. The first-order chi connectivity index (χ1) is 10.3. The van der Waals surface area contributed by atoms with Crippen molar-refractivity contribution in [3.8, 4) is 0 Å². The average Bonchev–Trinajstić information content (AvgIpc) is 3.24. The summed E-state index contributed by atoms with van der Waals surface area (Å²) in [5.41, 5.74) is 0. The fourth-order valence-electron chi connectivity index (χ4n) is 4.66. The molecule has 21 heavy (non-hydrogen) atoms. The molecule has 1 saturated carbocycles. The third-order valence-corrected chi connectivity index (χ3v) is 5.82. The highest BCUT2D eigenvalue weighted by Gasteiger charge is 2.47. The van der Waals surface area contributed by atoms with Gasteiger partial charge in [0.05, 0.1) is 32.3 Å². The van der Waals surface area contributed by atoms with Gasteiger partial charge in [-0.1, -0.05) is 12.8 Å². The Morgan fingerprint density at radius 2 is 1.90 bits per heavy atom. The lowest BCUT2D eigenvalue weighted by atomic mass is 9.82. The molecule has 4 fully saturated rings. The molecule has 0 radical (unpaired) electrons. The molecule has 0 aromatic heterocycles. The monoisotopic (exact) mass is 294 g/mol. The van der Waals surface area contributed by atoms with Crippen LogP contribution < -0.4 is 0 Å². The summed E-state index contributed by atoms with van der Waals surface area (Å²) in [5, 5.41) is 1.59. The molecule has 3 atom stereocenters. The van der Waals surface area contributed by atoms with Crippen molar-refractivity contribution < 1.29 is 14.4 Å². The molecule has 1 aliphatic carbocycles. The summed E-state index contributed by atoms with van der Waals surface area (Å²) in [7, 11) is 0. The molecule has 1 amide bonds. The fourth-order valence-corrected chi connectivity index (χ4v) is 4.66. The van der Waals surface area contributed by atoms with Crippen LogP contribution in [0.1, 0.15) is 32.1 Å². The Balaban J connectivity index is 1.44. The molecule has 3 aliphatic heterocycles. The van der Waals surface area contributed by atoms with Gasteiger partial charge in [0, 0.05) is 19.1 Å². The molecule has 0 unspecified atom stereocenters. The quantitative estimate of drug-likeness (QED) is 0.769. The number of rotatable bonds is 2. The highest BCUT2D eigenvalue weighted by molar-refractivity contribution is 5.78. The Bertz CT molecular complexity index is 391. The van der Waals surface area contributed by atoms with E-state index in [2.05, 4.69) is 4.90 Å². The molecule has 5 heteroatoms. The van der Waals surface area contributed by atoms with Gasteiger partial charge in [0.25, 0.3) is 5.91 Å². The van der Waals surface area contributed by atoms with Crippen molar-refractivity contribution in [2.24, 2.45) is 17.8 Å².